The van der Waals surface area contributed by atoms with Crippen molar-refractivity contribution in [2.24, 2.45) is 0 Å². The molecule has 1 atom stereocenters. The molecule has 5 nitrogen and oxygen atoms in total. The number of hydrogen-bond donors (Lipinski definition) is 2. The van der Waals surface area contributed by atoms with Crippen LogP contribution in [0.5, 0.6) is 5.75 Å². The standard InChI is InChI=1S/C24H26N2O3/c1-15-12-16(2)26-24(28)22(15)14-25-23-13-19(10-11-21(23)17(3)27)18(4)29-20-8-6-5-7-9-20/h5-13,18,25H,14H2,1-4H3,(H,26,28). The van der Waals surface area contributed by atoms with E-state index in [2.05, 4.69) is 10.3 Å². The number of aromatic amines is 1. The van der Waals surface area contributed by atoms with Crippen molar-refractivity contribution in [3.05, 3.63) is 92.9 Å². The Hall–Kier alpha value is -3.34. The van der Waals surface area contributed by atoms with Crippen molar-refractivity contribution in [3.8, 4) is 5.75 Å². The van der Waals surface area contributed by atoms with Gasteiger partial charge in [0.05, 0.1) is 0 Å². The first-order chi connectivity index (χ1) is 13.8. The summed E-state index contributed by atoms with van der Waals surface area (Å²) >= 11 is 0. The number of ether oxygens (including phenoxy) is 1. The summed E-state index contributed by atoms with van der Waals surface area (Å²) in [4.78, 5) is 27.2. The third-order valence-corrected chi connectivity index (χ3v) is 4.90. The number of ketones is 1. The molecule has 29 heavy (non-hydrogen) atoms. The normalized spacial score (nSPS) is 11.7. The number of para-hydroxylation sites is 1. The fourth-order valence-corrected chi connectivity index (χ4v) is 3.32. The second kappa shape index (κ2) is 8.78. The molecule has 0 saturated heterocycles. The number of aryl methyl sites for hydroxylation is 2. The van der Waals surface area contributed by atoms with E-state index in [0.29, 0.717) is 23.4 Å². The number of hydrogen-bond acceptors (Lipinski definition) is 4. The highest BCUT2D eigenvalue weighted by Gasteiger charge is 2.14. The Labute approximate surface area is 170 Å². The smallest absolute Gasteiger partial charge is 0.253 e. The first-order valence-corrected chi connectivity index (χ1v) is 9.65. The molecule has 0 aliphatic heterocycles. The van der Waals surface area contributed by atoms with Gasteiger partial charge in [-0.3, -0.25) is 9.59 Å². The maximum Gasteiger partial charge on any atom is 0.253 e. The topological polar surface area (TPSA) is 71.2 Å². The molecule has 3 aromatic rings. The van der Waals surface area contributed by atoms with Crippen molar-refractivity contribution >= 4 is 11.5 Å². The minimum Gasteiger partial charge on any atom is -0.486 e. The molecule has 150 valence electrons. The zero-order chi connectivity index (χ0) is 21.0. The number of carbonyl (C=O) groups excluding carboxylic acids is 1. The molecule has 0 aliphatic rings. The summed E-state index contributed by atoms with van der Waals surface area (Å²) in [5, 5.41) is 3.27. The number of benzene rings is 2. The minimum absolute atomic E-state index is 0.0368. The summed E-state index contributed by atoms with van der Waals surface area (Å²) in [7, 11) is 0. The van der Waals surface area contributed by atoms with Crippen LogP contribution in [0.2, 0.25) is 0 Å². The van der Waals surface area contributed by atoms with Crippen molar-refractivity contribution < 1.29 is 9.53 Å². The Morgan fingerprint density at radius 2 is 1.83 bits per heavy atom. The van der Waals surface area contributed by atoms with Gasteiger partial charge in [-0.05, 0) is 69.2 Å². The van der Waals surface area contributed by atoms with Crippen LogP contribution < -0.4 is 15.6 Å². The number of aromatic nitrogens is 1. The number of rotatable bonds is 7. The Kier molecular flexibility index (Phi) is 6.17. The van der Waals surface area contributed by atoms with Crippen LogP contribution in [0.25, 0.3) is 0 Å². The average molecular weight is 390 g/mol. The van der Waals surface area contributed by atoms with Gasteiger partial charge < -0.3 is 15.0 Å². The van der Waals surface area contributed by atoms with E-state index in [0.717, 1.165) is 22.6 Å². The zero-order valence-corrected chi connectivity index (χ0v) is 17.2. The van der Waals surface area contributed by atoms with Crippen LogP contribution >= 0.6 is 0 Å². The molecular formula is C24H26N2O3. The van der Waals surface area contributed by atoms with Gasteiger partial charge in [-0.2, -0.15) is 0 Å². The maximum absolute atomic E-state index is 12.3. The van der Waals surface area contributed by atoms with Crippen LogP contribution in [0.4, 0.5) is 5.69 Å². The fourth-order valence-electron chi connectivity index (χ4n) is 3.32. The summed E-state index contributed by atoms with van der Waals surface area (Å²) in [6.07, 6.45) is -0.191. The highest BCUT2D eigenvalue weighted by atomic mass is 16.5. The molecule has 3 rings (SSSR count). The summed E-state index contributed by atoms with van der Waals surface area (Å²) in [5.74, 6) is 0.747. The SMILES string of the molecule is CC(=O)c1ccc(C(C)Oc2ccccc2)cc1NCc1c(C)cc(C)[nH]c1=O. The van der Waals surface area contributed by atoms with Gasteiger partial charge in [-0.25, -0.2) is 0 Å². The van der Waals surface area contributed by atoms with E-state index in [9.17, 15) is 9.59 Å². The lowest BCUT2D eigenvalue weighted by molar-refractivity contribution is 0.101. The summed E-state index contributed by atoms with van der Waals surface area (Å²) in [5.41, 5.74) is 4.51. The van der Waals surface area contributed by atoms with Crippen LogP contribution in [-0.4, -0.2) is 10.8 Å². The third-order valence-electron chi connectivity index (χ3n) is 4.90. The van der Waals surface area contributed by atoms with Gasteiger partial charge in [-0.1, -0.05) is 24.3 Å². The monoisotopic (exact) mass is 390 g/mol. The lowest BCUT2D eigenvalue weighted by Crippen LogP contribution is -2.19. The van der Waals surface area contributed by atoms with E-state index in [-0.39, 0.29) is 17.4 Å². The second-order valence-electron chi connectivity index (χ2n) is 7.23. The van der Waals surface area contributed by atoms with Crippen LogP contribution in [0.1, 0.15) is 52.7 Å². The predicted molar refractivity (Wildman–Crippen MR) is 116 cm³/mol. The first kappa shape index (κ1) is 20.4. The molecule has 0 amide bonds. The van der Waals surface area contributed by atoms with Gasteiger partial charge in [-0.15, -0.1) is 0 Å². The summed E-state index contributed by atoms with van der Waals surface area (Å²) in [6, 6.07) is 17.2. The van der Waals surface area contributed by atoms with E-state index in [1.807, 2.05) is 69.3 Å². The lowest BCUT2D eigenvalue weighted by Gasteiger charge is -2.18. The number of H-pyrrole nitrogens is 1. The number of anilines is 1. The molecule has 2 N–H and O–H groups in total. The molecule has 0 fully saturated rings. The molecule has 1 heterocycles. The van der Waals surface area contributed by atoms with Crippen LogP contribution in [0, 0.1) is 13.8 Å². The van der Waals surface area contributed by atoms with E-state index in [1.165, 1.54) is 6.92 Å². The fraction of sp³-hybridized carbons (Fsp3) is 0.250. The van der Waals surface area contributed by atoms with Gasteiger partial charge in [0.25, 0.3) is 5.56 Å². The molecule has 0 aliphatic carbocycles. The molecule has 0 radical (unpaired) electrons. The van der Waals surface area contributed by atoms with Gasteiger partial charge in [0.15, 0.2) is 5.78 Å². The number of pyridine rings is 1. The number of nitrogens with one attached hydrogen (secondary N) is 2. The highest BCUT2D eigenvalue weighted by molar-refractivity contribution is 5.99. The molecular weight excluding hydrogens is 364 g/mol. The molecule has 5 heteroatoms. The molecule has 1 unspecified atom stereocenters. The maximum atomic E-state index is 12.3. The van der Waals surface area contributed by atoms with E-state index < -0.39 is 0 Å². The van der Waals surface area contributed by atoms with Gasteiger partial charge in [0.2, 0.25) is 0 Å². The summed E-state index contributed by atoms with van der Waals surface area (Å²) < 4.78 is 6.00. The van der Waals surface area contributed by atoms with E-state index >= 15 is 0 Å². The van der Waals surface area contributed by atoms with Gasteiger partial charge in [0, 0.05) is 29.1 Å². The van der Waals surface area contributed by atoms with Crippen LogP contribution in [-0.2, 0) is 6.54 Å². The Bertz CT molecular complexity index is 1070. The highest BCUT2D eigenvalue weighted by Crippen LogP contribution is 2.26. The van der Waals surface area contributed by atoms with Crippen molar-refractivity contribution in [1.82, 2.24) is 4.98 Å². The Morgan fingerprint density at radius 1 is 1.10 bits per heavy atom. The average Bonchev–Trinajstić information content (AvgIpc) is 2.67. The number of carbonyl (C=O) groups is 1. The summed E-state index contributed by atoms with van der Waals surface area (Å²) in [6.45, 7) is 7.61. The second-order valence-corrected chi connectivity index (χ2v) is 7.23. The molecule has 2 aromatic carbocycles. The van der Waals surface area contributed by atoms with E-state index in [1.54, 1.807) is 6.07 Å². The largest absolute Gasteiger partial charge is 0.486 e. The van der Waals surface area contributed by atoms with Gasteiger partial charge >= 0.3 is 0 Å². The van der Waals surface area contributed by atoms with Crippen LogP contribution in [0.3, 0.4) is 0 Å². The predicted octanol–water partition coefficient (Wildman–Crippen LogP) is 4.95. The molecule has 0 spiro atoms. The van der Waals surface area contributed by atoms with Crippen molar-refractivity contribution in [3.63, 3.8) is 0 Å². The van der Waals surface area contributed by atoms with E-state index in [4.69, 9.17) is 4.74 Å². The molecule has 0 bridgehead atoms. The zero-order valence-electron chi connectivity index (χ0n) is 17.2. The molecule has 1 aromatic heterocycles. The third kappa shape index (κ3) is 4.93. The van der Waals surface area contributed by atoms with Crippen molar-refractivity contribution in [2.45, 2.75) is 40.3 Å². The van der Waals surface area contributed by atoms with Crippen molar-refractivity contribution in [2.75, 3.05) is 5.32 Å². The lowest BCUT2D eigenvalue weighted by atomic mass is 10.0. The molecule has 0 saturated carbocycles. The Balaban J connectivity index is 1.86. The quantitative estimate of drug-likeness (QED) is 0.560. The minimum atomic E-state index is -0.191. The first-order valence-electron chi connectivity index (χ1n) is 9.65. The Morgan fingerprint density at radius 3 is 2.48 bits per heavy atom. The van der Waals surface area contributed by atoms with Gasteiger partial charge in [0.1, 0.15) is 11.9 Å². The van der Waals surface area contributed by atoms with Crippen LogP contribution in [0.15, 0.2) is 59.4 Å². The van der Waals surface area contributed by atoms with Crippen molar-refractivity contribution in [1.29, 1.82) is 0 Å². The number of Topliss-reactive ketones (excluding diaryl/α,β-unsaturated/α-hetero) is 1.